The minimum Gasteiger partial charge on any atom is -0.382 e. The predicted molar refractivity (Wildman–Crippen MR) is 74.4 cm³/mol. The first-order chi connectivity index (χ1) is 9.83. The lowest BCUT2D eigenvalue weighted by molar-refractivity contribution is 0.147. The van der Waals surface area contributed by atoms with E-state index in [1.54, 1.807) is 23.3 Å². The molecule has 0 radical (unpaired) electrons. The Labute approximate surface area is 116 Å². The standard InChI is InChI=1S/C11H18N8O/c1-2-20-7-3-4-14-9-15-10(18-12)17-11(16-9)19-6-5-13-8-19/h5-6,8H,2-4,7,12H2,1H3,(H2,14,15,16,17,18). The smallest absolute Gasteiger partial charge is 0.243 e. The number of hydrogen-bond donors (Lipinski definition) is 3. The third kappa shape index (κ3) is 3.87. The van der Waals surface area contributed by atoms with Gasteiger partial charge in [0.25, 0.3) is 0 Å². The van der Waals surface area contributed by atoms with Crippen molar-refractivity contribution in [2.24, 2.45) is 5.84 Å². The molecule has 0 fully saturated rings. The third-order valence-electron chi connectivity index (χ3n) is 2.44. The normalized spacial score (nSPS) is 10.5. The predicted octanol–water partition coefficient (Wildman–Crippen LogP) is 0.181. The second-order valence-electron chi connectivity index (χ2n) is 3.87. The Balaban J connectivity index is 2.03. The quantitative estimate of drug-likeness (QED) is 0.356. The van der Waals surface area contributed by atoms with E-state index in [1.165, 1.54) is 0 Å². The molecule has 20 heavy (non-hydrogen) atoms. The number of nitrogens with one attached hydrogen (secondary N) is 2. The van der Waals surface area contributed by atoms with Gasteiger partial charge in [0.2, 0.25) is 17.8 Å². The van der Waals surface area contributed by atoms with Crippen molar-refractivity contribution in [2.75, 3.05) is 30.5 Å². The summed E-state index contributed by atoms with van der Waals surface area (Å²) in [7, 11) is 0. The summed E-state index contributed by atoms with van der Waals surface area (Å²) in [6.45, 7) is 4.09. The van der Waals surface area contributed by atoms with Crippen molar-refractivity contribution in [3.63, 3.8) is 0 Å². The van der Waals surface area contributed by atoms with E-state index in [9.17, 15) is 0 Å². The molecule has 0 aliphatic carbocycles. The number of aromatic nitrogens is 5. The van der Waals surface area contributed by atoms with Crippen molar-refractivity contribution in [2.45, 2.75) is 13.3 Å². The van der Waals surface area contributed by atoms with Crippen molar-refractivity contribution in [1.82, 2.24) is 24.5 Å². The lowest BCUT2D eigenvalue weighted by Gasteiger charge is -2.08. The molecule has 0 bridgehead atoms. The Morgan fingerprint density at radius 3 is 2.85 bits per heavy atom. The van der Waals surface area contributed by atoms with E-state index in [2.05, 4.69) is 30.7 Å². The van der Waals surface area contributed by atoms with E-state index in [0.717, 1.165) is 13.0 Å². The highest BCUT2D eigenvalue weighted by Crippen LogP contribution is 2.08. The zero-order valence-corrected chi connectivity index (χ0v) is 11.3. The lowest BCUT2D eigenvalue weighted by Crippen LogP contribution is -2.16. The van der Waals surface area contributed by atoms with E-state index < -0.39 is 0 Å². The van der Waals surface area contributed by atoms with Gasteiger partial charge in [-0.1, -0.05) is 0 Å². The maximum Gasteiger partial charge on any atom is 0.243 e. The van der Waals surface area contributed by atoms with Gasteiger partial charge in [-0.3, -0.25) is 9.99 Å². The fraction of sp³-hybridized carbons (Fsp3) is 0.455. The molecular formula is C11H18N8O. The summed E-state index contributed by atoms with van der Waals surface area (Å²) < 4.78 is 6.94. The SMILES string of the molecule is CCOCCCNc1nc(NN)nc(-n2ccnc2)n1. The van der Waals surface area contributed by atoms with Gasteiger partial charge < -0.3 is 10.1 Å². The summed E-state index contributed by atoms with van der Waals surface area (Å²) in [5.41, 5.74) is 2.42. The van der Waals surface area contributed by atoms with E-state index in [-0.39, 0.29) is 5.95 Å². The van der Waals surface area contributed by atoms with Crippen LogP contribution in [0.5, 0.6) is 0 Å². The van der Waals surface area contributed by atoms with Gasteiger partial charge in [0.05, 0.1) is 0 Å². The van der Waals surface area contributed by atoms with Crippen LogP contribution in [0.25, 0.3) is 5.95 Å². The molecule has 0 saturated carbocycles. The number of rotatable bonds is 8. The van der Waals surface area contributed by atoms with Crippen LogP contribution in [-0.2, 0) is 4.74 Å². The molecule has 0 saturated heterocycles. The number of anilines is 2. The molecule has 108 valence electrons. The maximum absolute atomic E-state index is 5.36. The average Bonchev–Trinajstić information content (AvgIpc) is 3.01. The highest BCUT2D eigenvalue weighted by atomic mass is 16.5. The highest BCUT2D eigenvalue weighted by Gasteiger charge is 2.06. The molecule has 0 amide bonds. The summed E-state index contributed by atoms with van der Waals surface area (Å²) in [6, 6.07) is 0. The average molecular weight is 278 g/mol. The minimum atomic E-state index is 0.288. The Morgan fingerprint density at radius 2 is 2.15 bits per heavy atom. The Morgan fingerprint density at radius 1 is 1.30 bits per heavy atom. The number of imidazole rings is 1. The molecule has 2 aromatic rings. The summed E-state index contributed by atoms with van der Waals surface area (Å²) >= 11 is 0. The number of nitrogens with zero attached hydrogens (tertiary/aromatic N) is 5. The van der Waals surface area contributed by atoms with Crippen LogP contribution in [0.4, 0.5) is 11.9 Å². The molecule has 0 spiro atoms. The van der Waals surface area contributed by atoms with E-state index >= 15 is 0 Å². The molecule has 0 unspecified atom stereocenters. The molecular weight excluding hydrogens is 260 g/mol. The lowest BCUT2D eigenvalue weighted by atomic mass is 10.4. The number of hydrogen-bond acceptors (Lipinski definition) is 8. The molecule has 4 N–H and O–H groups in total. The number of nitrogens with two attached hydrogens (primary N) is 1. The fourth-order valence-corrected chi connectivity index (χ4v) is 1.52. The Kier molecular flexibility index (Phi) is 5.21. The van der Waals surface area contributed by atoms with E-state index in [1.807, 2.05) is 6.92 Å². The monoisotopic (exact) mass is 278 g/mol. The second-order valence-corrected chi connectivity index (χ2v) is 3.87. The van der Waals surface area contributed by atoms with Crippen molar-refractivity contribution in [3.8, 4) is 5.95 Å². The molecule has 2 rings (SSSR count). The van der Waals surface area contributed by atoms with Gasteiger partial charge in [-0.25, -0.2) is 10.8 Å². The first-order valence-electron chi connectivity index (χ1n) is 6.36. The van der Waals surface area contributed by atoms with Crippen LogP contribution < -0.4 is 16.6 Å². The summed E-state index contributed by atoms with van der Waals surface area (Å²) in [5.74, 6) is 6.54. The zero-order chi connectivity index (χ0) is 14.2. The van der Waals surface area contributed by atoms with Crippen LogP contribution in [-0.4, -0.2) is 44.3 Å². The van der Waals surface area contributed by atoms with Crippen LogP contribution in [0.1, 0.15) is 13.3 Å². The largest absolute Gasteiger partial charge is 0.382 e. The van der Waals surface area contributed by atoms with Gasteiger partial charge in [-0.15, -0.1) is 0 Å². The van der Waals surface area contributed by atoms with Crippen molar-refractivity contribution < 1.29 is 4.74 Å². The van der Waals surface area contributed by atoms with Gasteiger partial charge in [0.1, 0.15) is 6.33 Å². The molecule has 0 aliphatic rings. The van der Waals surface area contributed by atoms with Crippen molar-refractivity contribution in [1.29, 1.82) is 0 Å². The topological polar surface area (TPSA) is 116 Å². The molecule has 0 aliphatic heterocycles. The van der Waals surface area contributed by atoms with Gasteiger partial charge in [0, 0.05) is 32.2 Å². The molecule has 2 heterocycles. The summed E-state index contributed by atoms with van der Waals surface area (Å²) in [4.78, 5) is 16.5. The van der Waals surface area contributed by atoms with Crippen LogP contribution in [0.3, 0.4) is 0 Å². The molecule has 0 atom stereocenters. The molecule has 0 aromatic carbocycles. The fourth-order valence-electron chi connectivity index (χ4n) is 1.52. The van der Waals surface area contributed by atoms with Crippen molar-refractivity contribution >= 4 is 11.9 Å². The number of hydrazine groups is 1. The highest BCUT2D eigenvalue weighted by molar-refractivity contribution is 5.37. The molecule has 2 aromatic heterocycles. The minimum absolute atomic E-state index is 0.288. The van der Waals surface area contributed by atoms with Crippen LogP contribution in [0.15, 0.2) is 18.7 Å². The molecule has 9 heteroatoms. The maximum atomic E-state index is 5.36. The van der Waals surface area contributed by atoms with E-state index in [0.29, 0.717) is 25.0 Å². The van der Waals surface area contributed by atoms with Gasteiger partial charge >= 0.3 is 0 Å². The number of nitrogen functional groups attached to an aromatic ring is 1. The summed E-state index contributed by atoms with van der Waals surface area (Å²) in [5, 5.41) is 3.11. The first-order valence-corrected chi connectivity index (χ1v) is 6.36. The first kappa shape index (κ1) is 14.2. The number of ether oxygens (including phenoxy) is 1. The van der Waals surface area contributed by atoms with Crippen molar-refractivity contribution in [3.05, 3.63) is 18.7 Å². The molecule has 9 nitrogen and oxygen atoms in total. The zero-order valence-electron chi connectivity index (χ0n) is 11.3. The Bertz CT molecular complexity index is 515. The van der Waals surface area contributed by atoms with E-state index in [4.69, 9.17) is 10.6 Å². The van der Waals surface area contributed by atoms with Gasteiger partial charge in [-0.2, -0.15) is 15.0 Å². The van der Waals surface area contributed by atoms with Crippen LogP contribution in [0.2, 0.25) is 0 Å². The van der Waals surface area contributed by atoms with Crippen LogP contribution >= 0.6 is 0 Å². The second kappa shape index (κ2) is 7.36. The van der Waals surface area contributed by atoms with Gasteiger partial charge in [-0.05, 0) is 13.3 Å². The Hall–Kier alpha value is -2.26. The summed E-state index contributed by atoms with van der Waals surface area (Å²) in [6.07, 6.45) is 5.86. The third-order valence-corrected chi connectivity index (χ3v) is 2.44. The van der Waals surface area contributed by atoms with Crippen LogP contribution in [0, 0.1) is 0 Å². The van der Waals surface area contributed by atoms with Gasteiger partial charge in [0.15, 0.2) is 0 Å².